The number of fused-ring (bicyclic) bond motifs is 2. The molecule has 3 N–H and O–H groups in total. The van der Waals surface area contributed by atoms with E-state index in [0.717, 1.165) is 25.9 Å². The second-order valence-electron chi connectivity index (χ2n) is 6.65. The summed E-state index contributed by atoms with van der Waals surface area (Å²) < 4.78 is 35.0. The van der Waals surface area contributed by atoms with Gasteiger partial charge in [-0.1, -0.05) is 0 Å². The van der Waals surface area contributed by atoms with Crippen molar-refractivity contribution >= 4 is 22.4 Å². The lowest BCUT2D eigenvalue weighted by Gasteiger charge is -2.42. The van der Waals surface area contributed by atoms with E-state index in [1.165, 1.54) is 4.90 Å². The quantitative estimate of drug-likeness (QED) is 0.573. The van der Waals surface area contributed by atoms with Gasteiger partial charge in [0.1, 0.15) is 5.54 Å². The van der Waals surface area contributed by atoms with E-state index in [1.54, 1.807) is 0 Å². The number of nitrogens with one attached hydrogen (secondary N) is 1. The van der Waals surface area contributed by atoms with Crippen LogP contribution in [0.2, 0.25) is 0 Å². The summed E-state index contributed by atoms with van der Waals surface area (Å²) in [6.45, 7) is 1.70. The molecule has 0 aromatic carbocycles. The Hall–Kier alpha value is -1.43. The molecule has 0 radical (unpaired) electrons. The maximum atomic E-state index is 12.5. The van der Waals surface area contributed by atoms with Crippen molar-refractivity contribution in [1.29, 1.82) is 0 Å². The number of carboxylic acid groups (broad SMARTS) is 1. The lowest BCUT2D eigenvalue weighted by molar-refractivity contribution is -0.152. The smallest absolute Gasteiger partial charge is 0.418 e. The second-order valence-corrected chi connectivity index (χ2v) is 7.65. The summed E-state index contributed by atoms with van der Waals surface area (Å²) >= 11 is 0. The number of hydroxylamine groups is 2. The van der Waals surface area contributed by atoms with Gasteiger partial charge in [-0.25, -0.2) is 9.59 Å². The molecule has 3 saturated heterocycles. The highest BCUT2D eigenvalue weighted by molar-refractivity contribution is 7.80. The Morgan fingerprint density at radius 2 is 2.00 bits per heavy atom. The minimum absolute atomic E-state index is 0.0750. The van der Waals surface area contributed by atoms with Crippen molar-refractivity contribution in [2.24, 2.45) is 5.92 Å². The Balaban J connectivity index is 1.84. The minimum atomic E-state index is -4.84. The van der Waals surface area contributed by atoms with Gasteiger partial charge in [-0.3, -0.25) is 4.55 Å². The molecule has 3 heterocycles. The van der Waals surface area contributed by atoms with E-state index in [9.17, 15) is 23.1 Å². The lowest BCUT2D eigenvalue weighted by Crippen LogP contribution is -2.58. The number of carbonyl (C=O) groups excluding carboxylic acids is 1. The maximum Gasteiger partial charge on any atom is 0.418 e. The molecule has 0 unspecified atom stereocenters. The first-order chi connectivity index (χ1) is 11.2. The van der Waals surface area contributed by atoms with E-state index in [4.69, 9.17) is 4.55 Å². The summed E-state index contributed by atoms with van der Waals surface area (Å²) in [5.74, 6) is -0.898. The van der Waals surface area contributed by atoms with E-state index in [-0.39, 0.29) is 18.9 Å². The molecule has 0 saturated carbocycles. The van der Waals surface area contributed by atoms with Gasteiger partial charge >= 0.3 is 22.4 Å². The maximum absolute atomic E-state index is 12.5. The van der Waals surface area contributed by atoms with E-state index in [0.29, 0.717) is 17.9 Å². The Kier molecular flexibility index (Phi) is 4.45. The van der Waals surface area contributed by atoms with Crippen LogP contribution in [0.4, 0.5) is 4.79 Å². The van der Waals surface area contributed by atoms with Crippen molar-refractivity contribution in [2.75, 3.05) is 19.6 Å². The SMILES string of the molecule is O=C1N(OS(=O)(=O)O)[C@@H]2CC[C@](CC3CCNCC3)(C(=O)O)N1C2. The van der Waals surface area contributed by atoms with Crippen molar-refractivity contribution in [2.45, 2.75) is 43.7 Å². The molecular formula is C13H21N3O7S. The summed E-state index contributed by atoms with van der Waals surface area (Å²) in [5, 5.41) is 13.6. The van der Waals surface area contributed by atoms with Crippen LogP contribution in [0.3, 0.4) is 0 Å². The first kappa shape index (κ1) is 17.4. The van der Waals surface area contributed by atoms with Crippen LogP contribution in [0, 0.1) is 5.92 Å². The van der Waals surface area contributed by atoms with Gasteiger partial charge in [0.15, 0.2) is 0 Å². The van der Waals surface area contributed by atoms with E-state index >= 15 is 0 Å². The topological polar surface area (TPSA) is 136 Å². The van der Waals surface area contributed by atoms with E-state index in [2.05, 4.69) is 9.60 Å². The number of hydrogen-bond donors (Lipinski definition) is 3. The third-order valence-electron chi connectivity index (χ3n) is 5.21. The van der Waals surface area contributed by atoms with Crippen molar-refractivity contribution in [3.8, 4) is 0 Å². The molecule has 10 nitrogen and oxygen atoms in total. The van der Waals surface area contributed by atoms with Crippen LogP contribution in [0.15, 0.2) is 0 Å². The van der Waals surface area contributed by atoms with E-state index < -0.39 is 34.0 Å². The van der Waals surface area contributed by atoms with Crippen LogP contribution in [0.1, 0.15) is 32.1 Å². The van der Waals surface area contributed by atoms with Crippen LogP contribution in [-0.2, 0) is 19.5 Å². The van der Waals surface area contributed by atoms with Crippen LogP contribution in [-0.4, -0.2) is 71.3 Å². The molecule has 2 amide bonds. The first-order valence-electron chi connectivity index (χ1n) is 7.95. The largest absolute Gasteiger partial charge is 0.479 e. The predicted molar refractivity (Wildman–Crippen MR) is 80.2 cm³/mol. The monoisotopic (exact) mass is 363 g/mol. The highest BCUT2D eigenvalue weighted by atomic mass is 32.3. The number of urea groups is 1. The number of piperidine rings is 2. The summed E-state index contributed by atoms with van der Waals surface area (Å²) in [6, 6.07) is -1.41. The van der Waals surface area contributed by atoms with Crippen molar-refractivity contribution in [1.82, 2.24) is 15.3 Å². The molecule has 2 bridgehead atoms. The summed E-state index contributed by atoms with van der Waals surface area (Å²) in [6.07, 6.45) is 2.54. The van der Waals surface area contributed by atoms with Gasteiger partial charge in [-0.15, -0.1) is 4.28 Å². The summed E-state index contributed by atoms with van der Waals surface area (Å²) in [7, 11) is -4.84. The van der Waals surface area contributed by atoms with Crippen LogP contribution >= 0.6 is 0 Å². The molecule has 3 fully saturated rings. The zero-order valence-electron chi connectivity index (χ0n) is 13.0. The van der Waals surface area contributed by atoms with Crippen molar-refractivity contribution < 1.29 is 31.9 Å². The number of carbonyl (C=O) groups is 2. The number of amides is 2. The molecule has 3 rings (SSSR count). The molecule has 2 atom stereocenters. The third kappa shape index (κ3) is 3.08. The summed E-state index contributed by atoms with van der Waals surface area (Å²) in [4.78, 5) is 25.7. The fraction of sp³-hybridized carbons (Fsp3) is 0.846. The Labute approximate surface area is 139 Å². The number of nitrogens with zero attached hydrogens (tertiary/aromatic N) is 2. The standard InChI is InChI=1S/C13H21N3O7S/c17-11(18)13(7-9-2-5-14-6-3-9)4-1-10-8-15(13)12(19)16(10)23-24(20,21)22/h9-10,14H,1-8H2,(H,17,18)(H,20,21,22)/t10-,13+/m1/s1. The molecule has 11 heteroatoms. The Morgan fingerprint density at radius 3 is 2.58 bits per heavy atom. The zero-order valence-corrected chi connectivity index (χ0v) is 13.9. The van der Waals surface area contributed by atoms with Crippen LogP contribution in [0.5, 0.6) is 0 Å². The normalized spacial score (nSPS) is 31.5. The molecular weight excluding hydrogens is 342 g/mol. The Bertz CT molecular complexity index is 633. The zero-order chi connectivity index (χ0) is 17.5. The minimum Gasteiger partial charge on any atom is -0.479 e. The van der Waals surface area contributed by atoms with Gasteiger partial charge in [0.05, 0.1) is 6.04 Å². The summed E-state index contributed by atoms with van der Waals surface area (Å²) in [5.41, 5.74) is -1.35. The van der Waals surface area contributed by atoms with Crippen molar-refractivity contribution in [3.63, 3.8) is 0 Å². The molecule has 0 aliphatic carbocycles. The predicted octanol–water partition coefficient (Wildman–Crippen LogP) is -0.166. The second kappa shape index (κ2) is 6.14. The molecule has 0 aromatic heterocycles. The Morgan fingerprint density at radius 1 is 1.33 bits per heavy atom. The fourth-order valence-electron chi connectivity index (χ4n) is 4.02. The van der Waals surface area contributed by atoms with Crippen LogP contribution < -0.4 is 5.32 Å². The highest BCUT2D eigenvalue weighted by Gasteiger charge is 2.58. The van der Waals surface area contributed by atoms with Gasteiger partial charge in [0.25, 0.3) is 0 Å². The molecule has 0 aromatic rings. The first-order valence-corrected chi connectivity index (χ1v) is 9.31. The van der Waals surface area contributed by atoms with Crippen LogP contribution in [0.25, 0.3) is 0 Å². The number of carboxylic acids is 1. The third-order valence-corrected chi connectivity index (χ3v) is 5.56. The van der Waals surface area contributed by atoms with E-state index in [1.807, 2.05) is 0 Å². The molecule has 24 heavy (non-hydrogen) atoms. The van der Waals surface area contributed by atoms with Crippen molar-refractivity contribution in [3.05, 3.63) is 0 Å². The fourth-order valence-corrected chi connectivity index (χ4v) is 4.41. The van der Waals surface area contributed by atoms with Gasteiger partial charge in [0.2, 0.25) is 0 Å². The number of aliphatic carboxylic acids is 1. The molecule has 136 valence electrons. The average molecular weight is 363 g/mol. The highest BCUT2D eigenvalue weighted by Crippen LogP contribution is 2.42. The van der Waals surface area contributed by atoms with Gasteiger partial charge in [0, 0.05) is 6.54 Å². The number of rotatable bonds is 5. The van der Waals surface area contributed by atoms with Gasteiger partial charge in [-0.05, 0) is 51.1 Å². The number of hydrogen-bond acceptors (Lipinski definition) is 6. The van der Waals surface area contributed by atoms with Gasteiger partial charge < -0.3 is 15.3 Å². The molecule has 0 spiro atoms. The molecule has 3 aliphatic rings. The van der Waals surface area contributed by atoms with Gasteiger partial charge in [-0.2, -0.15) is 13.5 Å². The lowest BCUT2D eigenvalue weighted by atomic mass is 9.76. The molecule has 3 aliphatic heterocycles. The average Bonchev–Trinajstić information content (AvgIpc) is 2.76.